The highest BCUT2D eigenvalue weighted by Crippen LogP contribution is 2.19. The molecular formula is C17H16FNO4S. The maximum Gasteiger partial charge on any atom is 0.229 e. The SMILES string of the molecule is COc1ccc(/C=C\C(=O)c2ccc(NS(C)(=O)=O)cc2)cc1F. The Morgan fingerprint density at radius 2 is 1.83 bits per heavy atom. The molecule has 0 atom stereocenters. The molecule has 0 aliphatic rings. The minimum absolute atomic E-state index is 0.132. The van der Waals surface area contributed by atoms with Gasteiger partial charge in [0, 0.05) is 11.3 Å². The molecule has 0 radical (unpaired) electrons. The molecule has 0 aromatic heterocycles. The Kier molecular flexibility index (Phi) is 5.35. The third kappa shape index (κ3) is 4.92. The van der Waals surface area contributed by atoms with Gasteiger partial charge in [-0.05, 0) is 48.0 Å². The van der Waals surface area contributed by atoms with E-state index in [1.54, 1.807) is 6.07 Å². The Morgan fingerprint density at radius 1 is 1.17 bits per heavy atom. The number of hydrogen-bond acceptors (Lipinski definition) is 4. The second kappa shape index (κ2) is 7.27. The second-order valence-electron chi connectivity index (χ2n) is 5.04. The van der Waals surface area contributed by atoms with Gasteiger partial charge in [0.1, 0.15) is 0 Å². The van der Waals surface area contributed by atoms with Gasteiger partial charge in [-0.2, -0.15) is 0 Å². The van der Waals surface area contributed by atoms with Crippen LogP contribution in [0, 0.1) is 5.82 Å². The van der Waals surface area contributed by atoms with Gasteiger partial charge in [0.25, 0.3) is 0 Å². The number of methoxy groups -OCH3 is 1. The van der Waals surface area contributed by atoms with Crippen molar-refractivity contribution in [2.24, 2.45) is 0 Å². The number of nitrogens with one attached hydrogen (secondary N) is 1. The van der Waals surface area contributed by atoms with Crippen LogP contribution in [0.2, 0.25) is 0 Å². The van der Waals surface area contributed by atoms with Gasteiger partial charge in [0.05, 0.1) is 13.4 Å². The zero-order valence-corrected chi connectivity index (χ0v) is 13.9. The topological polar surface area (TPSA) is 72.5 Å². The molecule has 0 aliphatic carbocycles. The molecule has 0 heterocycles. The molecule has 126 valence electrons. The molecule has 0 saturated carbocycles. The standard InChI is InChI=1S/C17H16FNO4S/c1-23-17-10-4-12(11-15(17)18)3-9-16(20)13-5-7-14(8-6-13)19-24(2,21)22/h3-11,19H,1-2H3/b9-3-. The van der Waals surface area contributed by atoms with Crippen LogP contribution in [0.5, 0.6) is 5.75 Å². The Balaban J connectivity index is 2.10. The summed E-state index contributed by atoms with van der Waals surface area (Å²) in [6, 6.07) is 10.4. The zero-order valence-electron chi connectivity index (χ0n) is 13.1. The van der Waals surface area contributed by atoms with E-state index in [1.807, 2.05) is 0 Å². The lowest BCUT2D eigenvalue weighted by molar-refractivity contribution is 0.104. The van der Waals surface area contributed by atoms with Gasteiger partial charge in [-0.3, -0.25) is 9.52 Å². The monoisotopic (exact) mass is 349 g/mol. The first kappa shape index (κ1) is 17.7. The van der Waals surface area contributed by atoms with Crippen molar-refractivity contribution in [3.63, 3.8) is 0 Å². The second-order valence-corrected chi connectivity index (χ2v) is 6.79. The Hall–Kier alpha value is -2.67. The smallest absolute Gasteiger partial charge is 0.229 e. The molecule has 0 spiro atoms. The minimum atomic E-state index is -3.36. The maximum atomic E-state index is 13.6. The van der Waals surface area contributed by atoms with Crippen molar-refractivity contribution in [1.29, 1.82) is 0 Å². The van der Waals surface area contributed by atoms with Crippen LogP contribution >= 0.6 is 0 Å². The predicted octanol–water partition coefficient (Wildman–Crippen LogP) is 3.10. The van der Waals surface area contributed by atoms with Crippen LogP contribution in [0.15, 0.2) is 48.5 Å². The van der Waals surface area contributed by atoms with E-state index in [0.717, 1.165) is 6.26 Å². The fourth-order valence-electron chi connectivity index (χ4n) is 1.97. The van der Waals surface area contributed by atoms with E-state index in [-0.39, 0.29) is 11.5 Å². The molecule has 0 aliphatic heterocycles. The number of ketones is 1. The lowest BCUT2D eigenvalue weighted by Gasteiger charge is -2.04. The lowest BCUT2D eigenvalue weighted by Crippen LogP contribution is -2.09. The van der Waals surface area contributed by atoms with Gasteiger partial charge in [0.2, 0.25) is 10.0 Å². The van der Waals surface area contributed by atoms with Gasteiger partial charge in [0.15, 0.2) is 17.3 Å². The molecule has 7 heteroatoms. The highest BCUT2D eigenvalue weighted by Gasteiger charge is 2.05. The van der Waals surface area contributed by atoms with Crippen molar-refractivity contribution in [3.05, 3.63) is 65.5 Å². The minimum Gasteiger partial charge on any atom is -0.494 e. The van der Waals surface area contributed by atoms with Crippen LogP contribution in [-0.4, -0.2) is 27.6 Å². The van der Waals surface area contributed by atoms with Crippen molar-refractivity contribution in [3.8, 4) is 5.75 Å². The summed E-state index contributed by atoms with van der Waals surface area (Å²) in [7, 11) is -1.99. The number of allylic oxidation sites excluding steroid dienone is 1. The van der Waals surface area contributed by atoms with E-state index < -0.39 is 15.8 Å². The number of rotatable bonds is 6. The first-order valence-corrected chi connectivity index (χ1v) is 8.81. The fraction of sp³-hybridized carbons (Fsp3) is 0.118. The molecule has 0 unspecified atom stereocenters. The van der Waals surface area contributed by atoms with Gasteiger partial charge >= 0.3 is 0 Å². The molecule has 0 amide bonds. The van der Waals surface area contributed by atoms with Crippen LogP contribution in [0.4, 0.5) is 10.1 Å². The number of sulfonamides is 1. The van der Waals surface area contributed by atoms with Crippen molar-refractivity contribution in [2.75, 3.05) is 18.1 Å². The van der Waals surface area contributed by atoms with Crippen LogP contribution in [0.1, 0.15) is 15.9 Å². The number of halogens is 1. The van der Waals surface area contributed by atoms with Crippen LogP contribution in [0.25, 0.3) is 6.08 Å². The van der Waals surface area contributed by atoms with Crippen molar-refractivity contribution in [2.45, 2.75) is 0 Å². The molecule has 2 rings (SSSR count). The molecule has 2 aromatic rings. The molecule has 24 heavy (non-hydrogen) atoms. The molecule has 0 bridgehead atoms. The van der Waals surface area contributed by atoms with Gasteiger partial charge in [-0.25, -0.2) is 12.8 Å². The summed E-state index contributed by atoms with van der Waals surface area (Å²) in [5.41, 5.74) is 1.28. The maximum absolute atomic E-state index is 13.6. The predicted molar refractivity (Wildman–Crippen MR) is 91.2 cm³/mol. The number of benzene rings is 2. The molecule has 1 N–H and O–H groups in total. The summed E-state index contributed by atoms with van der Waals surface area (Å²) in [6.07, 6.45) is 3.86. The van der Waals surface area contributed by atoms with E-state index in [2.05, 4.69) is 4.72 Å². The lowest BCUT2D eigenvalue weighted by atomic mass is 10.1. The first-order chi connectivity index (χ1) is 11.3. The normalized spacial score (nSPS) is 11.5. The summed E-state index contributed by atoms with van der Waals surface area (Å²) < 4.78 is 43.0. The van der Waals surface area contributed by atoms with E-state index in [9.17, 15) is 17.6 Å². The Morgan fingerprint density at radius 3 is 2.38 bits per heavy atom. The molecule has 2 aromatic carbocycles. The van der Waals surface area contributed by atoms with Crippen molar-refractivity contribution in [1.82, 2.24) is 0 Å². The molecular weight excluding hydrogens is 333 g/mol. The summed E-state index contributed by atoms with van der Waals surface area (Å²) in [6.45, 7) is 0. The zero-order chi connectivity index (χ0) is 17.7. The highest BCUT2D eigenvalue weighted by molar-refractivity contribution is 7.92. The van der Waals surface area contributed by atoms with Crippen LogP contribution < -0.4 is 9.46 Å². The van der Waals surface area contributed by atoms with E-state index in [0.29, 0.717) is 16.8 Å². The van der Waals surface area contributed by atoms with E-state index in [4.69, 9.17) is 4.74 Å². The number of carbonyl (C=O) groups excluding carboxylic acids is 1. The van der Waals surface area contributed by atoms with Gasteiger partial charge in [-0.1, -0.05) is 12.1 Å². The Labute approximate surface area is 139 Å². The number of carbonyl (C=O) groups is 1. The first-order valence-electron chi connectivity index (χ1n) is 6.92. The number of ether oxygens (including phenoxy) is 1. The summed E-state index contributed by atoms with van der Waals surface area (Å²) in [5.74, 6) is -0.659. The number of anilines is 1. The quantitative estimate of drug-likeness (QED) is 0.642. The highest BCUT2D eigenvalue weighted by atomic mass is 32.2. The third-order valence-corrected chi connectivity index (χ3v) is 3.68. The summed E-state index contributed by atoms with van der Waals surface area (Å²) in [5, 5.41) is 0. The largest absolute Gasteiger partial charge is 0.494 e. The Bertz CT molecular complexity index is 874. The van der Waals surface area contributed by atoms with Gasteiger partial charge < -0.3 is 4.74 Å². The van der Waals surface area contributed by atoms with Crippen molar-refractivity contribution < 1.29 is 22.3 Å². The number of hydrogen-bond donors (Lipinski definition) is 1. The van der Waals surface area contributed by atoms with Crippen LogP contribution in [-0.2, 0) is 10.0 Å². The molecule has 0 fully saturated rings. The van der Waals surface area contributed by atoms with E-state index in [1.165, 1.54) is 55.7 Å². The average Bonchev–Trinajstić information content (AvgIpc) is 2.52. The summed E-state index contributed by atoms with van der Waals surface area (Å²) >= 11 is 0. The molecule has 5 nitrogen and oxygen atoms in total. The van der Waals surface area contributed by atoms with Crippen molar-refractivity contribution >= 4 is 27.6 Å². The summed E-state index contributed by atoms with van der Waals surface area (Å²) in [4.78, 5) is 12.1. The third-order valence-electron chi connectivity index (χ3n) is 3.08. The van der Waals surface area contributed by atoms with E-state index >= 15 is 0 Å². The fourth-order valence-corrected chi connectivity index (χ4v) is 2.54. The molecule has 0 saturated heterocycles. The van der Waals surface area contributed by atoms with Crippen LogP contribution in [0.3, 0.4) is 0 Å². The van der Waals surface area contributed by atoms with Gasteiger partial charge in [-0.15, -0.1) is 0 Å². The average molecular weight is 349 g/mol.